The molecule has 1 unspecified atom stereocenters. The van der Waals surface area contributed by atoms with Gasteiger partial charge in [0.1, 0.15) is 6.04 Å². The van der Waals surface area contributed by atoms with Gasteiger partial charge < -0.3 is 4.74 Å². The highest BCUT2D eigenvalue weighted by Crippen LogP contribution is 2.26. The number of rotatable bonds is 6. The maximum absolute atomic E-state index is 13.4. The zero-order valence-electron chi connectivity index (χ0n) is 11.2. The highest BCUT2D eigenvalue weighted by Gasteiger charge is 2.31. The van der Waals surface area contributed by atoms with Crippen LogP contribution in [0.4, 0.5) is 10.1 Å². The van der Waals surface area contributed by atoms with Crippen molar-refractivity contribution in [1.29, 1.82) is 0 Å². The lowest BCUT2D eigenvalue weighted by Crippen LogP contribution is -2.39. The van der Waals surface area contributed by atoms with E-state index in [2.05, 4.69) is 4.74 Å². The fourth-order valence-electron chi connectivity index (χ4n) is 1.50. The van der Waals surface area contributed by atoms with Gasteiger partial charge in [0.05, 0.1) is 11.5 Å². The van der Waals surface area contributed by atoms with Crippen molar-refractivity contribution in [3.8, 4) is 0 Å². The minimum Gasteiger partial charge on any atom is -0.465 e. The number of nitrogens with zero attached hydrogens (tertiary/aromatic N) is 1. The number of sulfonamides is 1. The summed E-state index contributed by atoms with van der Waals surface area (Å²) in [5, 5.41) is 10.8. The summed E-state index contributed by atoms with van der Waals surface area (Å²) in [5.74, 6) is -2.13. The van der Waals surface area contributed by atoms with Crippen molar-refractivity contribution < 1.29 is 27.3 Å². The van der Waals surface area contributed by atoms with Crippen LogP contribution in [0.5, 0.6) is 0 Å². The van der Waals surface area contributed by atoms with Gasteiger partial charge in [-0.2, -0.15) is 9.11 Å². The number of carbonyl (C=O) groups excluding carboxylic acids is 1. The Labute approximate surface area is 120 Å². The van der Waals surface area contributed by atoms with Gasteiger partial charge in [-0.05, 0) is 26.0 Å². The first-order valence-corrected chi connectivity index (χ1v) is 7.31. The first-order chi connectivity index (χ1) is 9.70. The molecule has 0 fully saturated rings. The van der Waals surface area contributed by atoms with Crippen molar-refractivity contribution in [2.75, 3.05) is 6.61 Å². The van der Waals surface area contributed by atoms with E-state index >= 15 is 0 Å². The van der Waals surface area contributed by atoms with Gasteiger partial charge in [-0.15, -0.1) is 0 Å². The van der Waals surface area contributed by atoms with Crippen molar-refractivity contribution in [1.82, 2.24) is 4.72 Å². The number of benzene rings is 1. The molecule has 0 spiro atoms. The Morgan fingerprint density at radius 3 is 2.67 bits per heavy atom. The molecule has 0 saturated carbocycles. The Hall–Kier alpha value is -2.07. The van der Waals surface area contributed by atoms with Crippen LogP contribution >= 0.6 is 0 Å². The highest BCUT2D eigenvalue weighted by molar-refractivity contribution is 7.89. The lowest BCUT2D eigenvalue weighted by atomic mass is 10.3. The van der Waals surface area contributed by atoms with Gasteiger partial charge in [0.2, 0.25) is 15.8 Å². The molecule has 8 nitrogen and oxygen atoms in total. The van der Waals surface area contributed by atoms with Crippen LogP contribution in [0.15, 0.2) is 23.1 Å². The number of esters is 1. The molecule has 0 aliphatic rings. The second-order valence-electron chi connectivity index (χ2n) is 3.94. The van der Waals surface area contributed by atoms with Crippen molar-refractivity contribution in [3.05, 3.63) is 34.1 Å². The predicted molar refractivity (Wildman–Crippen MR) is 69.5 cm³/mol. The van der Waals surface area contributed by atoms with Gasteiger partial charge in [-0.25, -0.2) is 8.42 Å². The third-order valence-electron chi connectivity index (χ3n) is 2.39. The number of halogens is 1. The van der Waals surface area contributed by atoms with Crippen LogP contribution in [0.1, 0.15) is 13.8 Å². The summed E-state index contributed by atoms with van der Waals surface area (Å²) in [4.78, 5) is 20.2. The van der Waals surface area contributed by atoms with Gasteiger partial charge in [0.15, 0.2) is 4.90 Å². The fourth-order valence-corrected chi connectivity index (χ4v) is 2.87. The molecule has 0 aromatic heterocycles. The molecule has 21 heavy (non-hydrogen) atoms. The molecule has 0 saturated heterocycles. The molecule has 10 heteroatoms. The average molecular weight is 320 g/mol. The number of nitro groups is 1. The molecule has 116 valence electrons. The van der Waals surface area contributed by atoms with Gasteiger partial charge in [-0.3, -0.25) is 14.9 Å². The molecule has 0 radical (unpaired) electrons. The monoisotopic (exact) mass is 320 g/mol. The van der Waals surface area contributed by atoms with E-state index in [1.807, 2.05) is 4.72 Å². The van der Waals surface area contributed by atoms with Crippen LogP contribution in [0, 0.1) is 15.9 Å². The van der Waals surface area contributed by atoms with Crippen LogP contribution in [-0.4, -0.2) is 32.0 Å². The topological polar surface area (TPSA) is 116 Å². The van der Waals surface area contributed by atoms with E-state index in [4.69, 9.17) is 0 Å². The zero-order chi connectivity index (χ0) is 16.2. The van der Waals surface area contributed by atoms with Gasteiger partial charge in [0, 0.05) is 0 Å². The first kappa shape index (κ1) is 17.0. The third kappa shape index (κ3) is 3.95. The second kappa shape index (κ2) is 6.59. The number of para-hydroxylation sites is 1. The number of hydrogen-bond donors (Lipinski definition) is 1. The Morgan fingerprint density at radius 2 is 2.14 bits per heavy atom. The predicted octanol–water partition coefficient (Wildman–Crippen LogP) is 0.964. The minimum atomic E-state index is -4.45. The molecule has 1 N–H and O–H groups in total. The van der Waals surface area contributed by atoms with Crippen molar-refractivity contribution in [3.63, 3.8) is 0 Å². The summed E-state index contributed by atoms with van der Waals surface area (Å²) in [6, 6.07) is 1.40. The third-order valence-corrected chi connectivity index (χ3v) is 3.97. The average Bonchev–Trinajstić information content (AvgIpc) is 2.37. The molecule has 1 atom stereocenters. The van der Waals surface area contributed by atoms with E-state index in [1.165, 1.54) is 13.8 Å². The van der Waals surface area contributed by atoms with E-state index < -0.39 is 43.4 Å². The molecule has 0 amide bonds. The first-order valence-electron chi connectivity index (χ1n) is 5.82. The number of carbonyl (C=O) groups is 1. The van der Waals surface area contributed by atoms with Crippen LogP contribution in [0.3, 0.4) is 0 Å². The van der Waals surface area contributed by atoms with Crippen LogP contribution < -0.4 is 4.72 Å². The Balaban J connectivity index is 3.18. The number of hydrogen-bond acceptors (Lipinski definition) is 6. The molecule has 0 bridgehead atoms. The SMILES string of the molecule is CCOC(=O)C(C)NS(=O)(=O)c1cccc(F)c1[N+](=O)[O-]. The molecule has 1 rings (SSSR count). The Morgan fingerprint density at radius 1 is 1.52 bits per heavy atom. The lowest BCUT2D eigenvalue weighted by molar-refractivity contribution is -0.390. The minimum absolute atomic E-state index is 0.0466. The van der Waals surface area contributed by atoms with Crippen molar-refractivity contribution in [2.45, 2.75) is 24.8 Å². The van der Waals surface area contributed by atoms with E-state index in [0.717, 1.165) is 18.2 Å². The van der Waals surface area contributed by atoms with Crippen LogP contribution in [-0.2, 0) is 19.6 Å². The van der Waals surface area contributed by atoms with Gasteiger partial charge in [-0.1, -0.05) is 6.07 Å². The molecule has 0 heterocycles. The standard InChI is InChI=1S/C11H13FN2O6S/c1-3-20-11(15)7(2)13-21(18,19)9-6-4-5-8(12)10(9)14(16)17/h4-7,13H,3H2,1-2H3. The zero-order valence-corrected chi connectivity index (χ0v) is 12.0. The summed E-state index contributed by atoms with van der Waals surface area (Å²) >= 11 is 0. The highest BCUT2D eigenvalue weighted by atomic mass is 32.2. The molecular weight excluding hydrogens is 307 g/mol. The summed E-state index contributed by atoms with van der Waals surface area (Å²) in [6.45, 7) is 2.79. The number of ether oxygens (including phenoxy) is 1. The molecule has 1 aromatic carbocycles. The summed E-state index contributed by atoms with van der Waals surface area (Å²) < 4.78 is 44.0. The smallest absolute Gasteiger partial charge is 0.324 e. The number of nitrogens with one attached hydrogen (secondary N) is 1. The van der Waals surface area contributed by atoms with Gasteiger partial charge in [0.25, 0.3) is 0 Å². The Kier molecular flexibility index (Phi) is 5.33. The second-order valence-corrected chi connectivity index (χ2v) is 5.62. The van der Waals surface area contributed by atoms with Gasteiger partial charge >= 0.3 is 11.7 Å². The van der Waals surface area contributed by atoms with E-state index in [-0.39, 0.29) is 6.61 Å². The largest absolute Gasteiger partial charge is 0.465 e. The molecule has 0 aliphatic heterocycles. The number of nitro benzene ring substituents is 1. The Bertz CT molecular complexity index is 661. The summed E-state index contributed by atoms with van der Waals surface area (Å²) in [7, 11) is -4.45. The summed E-state index contributed by atoms with van der Waals surface area (Å²) in [5.41, 5.74) is -1.18. The summed E-state index contributed by atoms with van der Waals surface area (Å²) in [6.07, 6.45) is 0. The van der Waals surface area contributed by atoms with E-state index in [1.54, 1.807) is 0 Å². The van der Waals surface area contributed by atoms with E-state index in [9.17, 15) is 27.7 Å². The van der Waals surface area contributed by atoms with Crippen LogP contribution in [0.2, 0.25) is 0 Å². The van der Waals surface area contributed by atoms with Crippen molar-refractivity contribution in [2.24, 2.45) is 0 Å². The fraction of sp³-hybridized carbons (Fsp3) is 0.364. The van der Waals surface area contributed by atoms with Crippen LogP contribution in [0.25, 0.3) is 0 Å². The quantitative estimate of drug-likeness (QED) is 0.474. The molecular formula is C11H13FN2O6S. The van der Waals surface area contributed by atoms with E-state index in [0.29, 0.717) is 0 Å². The normalized spacial score (nSPS) is 12.7. The van der Waals surface area contributed by atoms with Crippen molar-refractivity contribution >= 4 is 21.7 Å². The molecule has 0 aliphatic carbocycles. The molecule has 1 aromatic rings. The lowest BCUT2D eigenvalue weighted by Gasteiger charge is -2.13. The maximum atomic E-state index is 13.4. The maximum Gasteiger partial charge on any atom is 0.324 e.